The lowest BCUT2D eigenvalue weighted by Crippen LogP contribution is -2.31. The molecule has 0 amide bonds. The summed E-state index contributed by atoms with van der Waals surface area (Å²) in [4.78, 5) is 47.4. The second-order valence-electron chi connectivity index (χ2n) is 31.5. The summed E-state index contributed by atoms with van der Waals surface area (Å²) in [7, 11) is 0. The third-order valence-corrected chi connectivity index (χ3v) is 23.4. The van der Waals surface area contributed by atoms with Crippen molar-refractivity contribution in [2.24, 2.45) is 0 Å². The number of hydrogen-bond donors (Lipinski definition) is 0. The number of carbonyl (C=O) groups excluding carboxylic acids is 3. The molecule has 13 aromatic carbocycles. The van der Waals surface area contributed by atoms with Crippen LogP contribution in [0.4, 0.5) is 0 Å². The third kappa shape index (κ3) is 7.66. The van der Waals surface area contributed by atoms with E-state index < -0.39 is 16.2 Å². The highest BCUT2D eigenvalue weighted by Gasteiger charge is 2.65. The average molecular weight is 1270 g/mol. The molecule has 3 heteroatoms. The molecular formula is C96H72O3. The quantitative estimate of drug-likeness (QED) is 0.156. The van der Waals surface area contributed by atoms with Crippen molar-refractivity contribution in [1.82, 2.24) is 0 Å². The summed E-state index contributed by atoms with van der Waals surface area (Å²) in [5, 5.41) is 0. The van der Waals surface area contributed by atoms with Crippen molar-refractivity contribution in [1.29, 1.82) is 0 Å². The van der Waals surface area contributed by atoms with E-state index in [1.165, 1.54) is 0 Å². The summed E-state index contributed by atoms with van der Waals surface area (Å²) in [6.45, 7) is 19.9. The number of benzene rings is 13. The van der Waals surface area contributed by atoms with E-state index in [0.717, 1.165) is 150 Å². The maximum atomic E-state index is 15.8. The Bertz CT molecular complexity index is 5040. The standard InChI is InChI=1S/C96H72O3/c1-91(2,3)61-43-34-55(35-44-61)88(97)58-40-49-70-79(52-58)94(73-28-16-10-22-64(73)65-23-11-17-29-74(65)94)85-82(70)86-84(72-51-42-60(90(99)57-38-47-63(48-39-57)93(7,8)9)54-81(72)95(86)75-30-18-12-24-66(75)67-25-13-19-31-76(67)95)87-83(85)71-50-41-59(89(98)56-36-45-62(46-37-56)92(4,5)6)53-80(71)96(87)77-32-20-14-26-68(77)69-27-15-21-33-78(69)96/h10-54H,1-9H3. The van der Waals surface area contributed by atoms with Gasteiger partial charge in [0, 0.05) is 33.4 Å². The summed E-state index contributed by atoms with van der Waals surface area (Å²) in [6.07, 6.45) is 0. The molecule has 0 atom stereocenters. The summed E-state index contributed by atoms with van der Waals surface area (Å²) >= 11 is 0. The molecule has 0 N–H and O–H groups in total. The van der Waals surface area contributed by atoms with Gasteiger partial charge in [-0.05, 0) is 185 Å². The number of fused-ring (bicyclic) bond motifs is 33. The van der Waals surface area contributed by atoms with Gasteiger partial charge >= 0.3 is 0 Å². The maximum absolute atomic E-state index is 15.8. The van der Waals surface area contributed by atoms with E-state index in [-0.39, 0.29) is 33.6 Å². The topological polar surface area (TPSA) is 51.2 Å². The zero-order valence-electron chi connectivity index (χ0n) is 57.2. The second kappa shape index (κ2) is 20.2. The molecule has 0 unspecified atom stereocenters. The van der Waals surface area contributed by atoms with Crippen molar-refractivity contribution in [2.75, 3.05) is 0 Å². The largest absolute Gasteiger partial charge is 0.289 e. The molecule has 13 aromatic rings. The van der Waals surface area contributed by atoms with Crippen LogP contribution in [0.5, 0.6) is 0 Å². The number of ketones is 3. The first-order valence-electron chi connectivity index (χ1n) is 35.0. The molecule has 0 saturated carbocycles. The van der Waals surface area contributed by atoms with Gasteiger partial charge in [-0.15, -0.1) is 0 Å². The van der Waals surface area contributed by atoms with Crippen LogP contribution >= 0.6 is 0 Å². The zero-order chi connectivity index (χ0) is 67.6. The predicted octanol–water partition coefficient (Wildman–Crippen LogP) is 22.3. The van der Waals surface area contributed by atoms with Crippen LogP contribution in [0.2, 0.25) is 0 Å². The molecule has 0 radical (unpaired) electrons. The number of carbonyl (C=O) groups is 3. The van der Waals surface area contributed by atoms with Crippen LogP contribution < -0.4 is 0 Å². The molecule has 3 nitrogen and oxygen atoms in total. The molecule has 0 aliphatic heterocycles. The molecule has 99 heavy (non-hydrogen) atoms. The minimum Gasteiger partial charge on any atom is -0.289 e. The number of hydrogen-bond acceptors (Lipinski definition) is 3. The second-order valence-corrected chi connectivity index (χ2v) is 31.5. The summed E-state index contributed by atoms with van der Waals surface area (Å²) < 4.78 is 0. The molecule has 0 heterocycles. The Hall–Kier alpha value is -11.1. The minimum atomic E-state index is -1.03. The Morgan fingerprint density at radius 2 is 0.404 bits per heavy atom. The van der Waals surface area contributed by atoms with E-state index in [9.17, 15) is 0 Å². The van der Waals surface area contributed by atoms with Crippen molar-refractivity contribution in [3.05, 3.63) is 390 Å². The van der Waals surface area contributed by atoms with Gasteiger partial charge in [0.2, 0.25) is 0 Å². The highest BCUT2D eigenvalue weighted by molar-refractivity contribution is 6.17. The molecular weight excluding hydrogens is 1200 g/mol. The monoisotopic (exact) mass is 1270 g/mol. The first kappa shape index (κ1) is 59.2. The van der Waals surface area contributed by atoms with Gasteiger partial charge in [-0.25, -0.2) is 0 Å². The van der Waals surface area contributed by atoms with Gasteiger partial charge in [-0.3, -0.25) is 14.4 Å². The molecule has 6 aliphatic rings. The normalized spacial score (nSPS) is 14.9. The lowest BCUT2D eigenvalue weighted by molar-refractivity contribution is 0.103. The average Bonchev–Trinajstić information content (AvgIpc) is 1.45. The van der Waals surface area contributed by atoms with Crippen molar-refractivity contribution < 1.29 is 14.4 Å². The Labute approximate surface area is 579 Å². The summed E-state index contributed by atoms with van der Waals surface area (Å²) in [6, 6.07) is 98.6. The lowest BCUT2D eigenvalue weighted by Gasteiger charge is -2.37. The maximum Gasteiger partial charge on any atom is 0.193 e. The molecule has 6 aliphatic carbocycles. The Morgan fingerprint density at radius 3 is 0.606 bits per heavy atom. The Balaban J connectivity index is 1.01. The molecule has 0 fully saturated rings. The van der Waals surface area contributed by atoms with E-state index in [1.54, 1.807) is 0 Å². The SMILES string of the molecule is CC(C)(C)c1ccc(C(=O)c2ccc3c(c2)C2(c4ccccc4-c4ccccc42)c2c-3c3c(c4c2-c2ccc(C(=O)c5ccc(C(C)(C)C)cc5)cc2C42c4ccccc4-c4ccccc42)-c2ccc(C(=O)c4ccc(C(C)(C)C)cc4)cc2C32c3ccccc3-c3ccccc32)cc1. The van der Waals surface area contributed by atoms with Gasteiger partial charge in [0.1, 0.15) is 0 Å². The van der Waals surface area contributed by atoms with Crippen LogP contribution in [0.15, 0.2) is 273 Å². The Morgan fingerprint density at radius 1 is 0.212 bits per heavy atom. The third-order valence-electron chi connectivity index (χ3n) is 23.4. The van der Waals surface area contributed by atoms with Crippen molar-refractivity contribution in [3.63, 3.8) is 0 Å². The predicted molar refractivity (Wildman–Crippen MR) is 401 cm³/mol. The van der Waals surface area contributed by atoms with Crippen LogP contribution in [0.3, 0.4) is 0 Å². The van der Waals surface area contributed by atoms with Gasteiger partial charge in [-0.2, -0.15) is 0 Å². The highest BCUT2D eigenvalue weighted by atomic mass is 16.1. The van der Waals surface area contributed by atoms with Crippen LogP contribution in [0.1, 0.15) is 194 Å². The molecule has 474 valence electrons. The van der Waals surface area contributed by atoms with Gasteiger partial charge in [0.05, 0.1) is 16.2 Å². The van der Waals surface area contributed by atoms with E-state index in [0.29, 0.717) is 33.4 Å². The molecule has 19 rings (SSSR count). The fourth-order valence-corrected chi connectivity index (χ4v) is 19.0. The highest BCUT2D eigenvalue weighted by Crippen LogP contribution is 2.77. The van der Waals surface area contributed by atoms with Crippen LogP contribution in [-0.2, 0) is 32.5 Å². The van der Waals surface area contributed by atoms with Gasteiger partial charge in [-0.1, -0.05) is 317 Å². The van der Waals surface area contributed by atoms with E-state index in [1.807, 2.05) is 36.4 Å². The van der Waals surface area contributed by atoms with Crippen LogP contribution in [-0.4, -0.2) is 17.3 Å². The summed E-state index contributed by atoms with van der Waals surface area (Å²) in [5.74, 6) is -0.123. The van der Waals surface area contributed by atoms with E-state index in [4.69, 9.17) is 0 Å². The van der Waals surface area contributed by atoms with Crippen molar-refractivity contribution >= 4 is 17.3 Å². The van der Waals surface area contributed by atoms with Crippen LogP contribution in [0, 0.1) is 0 Å². The molecule has 0 aromatic heterocycles. The summed E-state index contributed by atoms with van der Waals surface area (Å²) in [5.41, 5.74) is 30.7. The number of rotatable bonds is 6. The smallest absolute Gasteiger partial charge is 0.193 e. The fourth-order valence-electron chi connectivity index (χ4n) is 19.0. The van der Waals surface area contributed by atoms with E-state index in [2.05, 4.69) is 299 Å². The van der Waals surface area contributed by atoms with Crippen molar-refractivity contribution in [3.8, 4) is 66.8 Å². The first-order valence-corrected chi connectivity index (χ1v) is 35.0. The van der Waals surface area contributed by atoms with Gasteiger partial charge < -0.3 is 0 Å². The molecule has 3 spiro atoms. The van der Waals surface area contributed by atoms with Crippen molar-refractivity contribution in [2.45, 2.75) is 94.8 Å². The van der Waals surface area contributed by atoms with Gasteiger partial charge in [0.25, 0.3) is 0 Å². The minimum absolute atomic E-state index is 0.0409. The Kier molecular flexibility index (Phi) is 12.1. The zero-order valence-corrected chi connectivity index (χ0v) is 57.2. The fraction of sp³-hybridized carbons (Fsp3) is 0.156. The van der Waals surface area contributed by atoms with Crippen LogP contribution in [0.25, 0.3) is 66.8 Å². The molecule has 0 bridgehead atoms. The lowest BCUT2D eigenvalue weighted by atomic mass is 9.63. The van der Waals surface area contributed by atoms with Gasteiger partial charge in [0.15, 0.2) is 17.3 Å². The molecule has 0 saturated heterocycles. The first-order chi connectivity index (χ1) is 47.8. The van der Waals surface area contributed by atoms with E-state index >= 15 is 14.4 Å².